The predicted octanol–water partition coefficient (Wildman–Crippen LogP) is 3.26. The van der Waals surface area contributed by atoms with Crippen molar-refractivity contribution in [1.82, 2.24) is 9.38 Å². The number of nitrogens with zero attached hydrogens (tertiary/aromatic N) is 2. The fourth-order valence-electron chi connectivity index (χ4n) is 1.93. The van der Waals surface area contributed by atoms with E-state index in [0.29, 0.717) is 0 Å². The number of benzene rings is 1. The first-order valence-corrected chi connectivity index (χ1v) is 5.69. The van der Waals surface area contributed by atoms with Gasteiger partial charge in [-0.15, -0.1) is 0 Å². The molecule has 0 aliphatic rings. The Morgan fingerprint density at radius 1 is 1.25 bits per heavy atom. The number of aromatic nitrogens is 2. The number of hydrogen-bond donors (Lipinski definition) is 0. The maximum Gasteiger partial charge on any atom is 0.143 e. The molecule has 2 aromatic heterocycles. The van der Waals surface area contributed by atoms with E-state index in [4.69, 9.17) is 4.74 Å². The van der Waals surface area contributed by atoms with Crippen molar-refractivity contribution >= 4 is 32.5 Å². The number of pyridine rings is 1. The number of rotatable bonds is 1. The fraction of sp³-hybridized carbons (Fsp3) is 0.0833. The van der Waals surface area contributed by atoms with E-state index in [9.17, 15) is 0 Å². The topological polar surface area (TPSA) is 26.5 Å². The minimum atomic E-state index is 0.849. The highest BCUT2D eigenvalue weighted by Crippen LogP contribution is 2.28. The van der Waals surface area contributed by atoms with E-state index in [0.717, 1.165) is 26.9 Å². The second-order valence-corrected chi connectivity index (χ2v) is 4.32. The number of imidazole rings is 1. The molecule has 0 spiro atoms. The van der Waals surface area contributed by atoms with Crippen molar-refractivity contribution in [1.29, 1.82) is 0 Å². The summed E-state index contributed by atoms with van der Waals surface area (Å²) in [5.74, 6) is 0.849. The summed E-state index contributed by atoms with van der Waals surface area (Å²) < 4.78 is 8.35. The molecule has 0 radical (unpaired) electrons. The molecule has 3 aromatic rings. The van der Waals surface area contributed by atoms with Gasteiger partial charge in [-0.05, 0) is 34.1 Å². The van der Waals surface area contributed by atoms with Crippen molar-refractivity contribution in [2.75, 3.05) is 7.11 Å². The predicted molar refractivity (Wildman–Crippen MR) is 67.0 cm³/mol. The van der Waals surface area contributed by atoms with Gasteiger partial charge in [0.25, 0.3) is 0 Å². The first-order chi connectivity index (χ1) is 7.81. The maximum absolute atomic E-state index is 5.39. The van der Waals surface area contributed by atoms with Gasteiger partial charge in [-0.1, -0.05) is 12.1 Å². The highest BCUT2D eigenvalue weighted by molar-refractivity contribution is 9.10. The first-order valence-electron chi connectivity index (χ1n) is 4.90. The molecule has 0 aliphatic heterocycles. The van der Waals surface area contributed by atoms with Crippen molar-refractivity contribution in [2.45, 2.75) is 0 Å². The number of hydrogen-bond acceptors (Lipinski definition) is 2. The standard InChI is InChI=1S/C12H9BrN2O/c1-16-9-4-2-3-8-5-6-11-14-7-10(13)15(11)12(8)9/h2-7H,1H3. The summed E-state index contributed by atoms with van der Waals surface area (Å²) in [6, 6.07) is 10.0. The summed E-state index contributed by atoms with van der Waals surface area (Å²) in [6.45, 7) is 0. The van der Waals surface area contributed by atoms with Gasteiger partial charge in [0.2, 0.25) is 0 Å². The van der Waals surface area contributed by atoms with Gasteiger partial charge in [0.1, 0.15) is 16.0 Å². The van der Waals surface area contributed by atoms with Crippen LogP contribution >= 0.6 is 15.9 Å². The zero-order valence-electron chi connectivity index (χ0n) is 8.64. The van der Waals surface area contributed by atoms with E-state index in [1.54, 1.807) is 13.3 Å². The molecule has 0 N–H and O–H groups in total. The Morgan fingerprint density at radius 3 is 2.94 bits per heavy atom. The summed E-state index contributed by atoms with van der Waals surface area (Å²) in [4.78, 5) is 4.30. The molecule has 3 rings (SSSR count). The molecule has 0 amide bonds. The normalized spacial score (nSPS) is 11.1. The van der Waals surface area contributed by atoms with Crippen molar-refractivity contribution < 1.29 is 4.74 Å². The molecular weight excluding hydrogens is 268 g/mol. The van der Waals surface area contributed by atoms with E-state index in [-0.39, 0.29) is 0 Å². The summed E-state index contributed by atoms with van der Waals surface area (Å²) >= 11 is 3.50. The zero-order chi connectivity index (χ0) is 11.1. The van der Waals surface area contributed by atoms with Gasteiger partial charge >= 0.3 is 0 Å². The molecule has 0 fully saturated rings. The Balaban J connectivity index is 2.61. The van der Waals surface area contributed by atoms with Crippen LogP contribution in [-0.2, 0) is 0 Å². The minimum absolute atomic E-state index is 0.849. The Morgan fingerprint density at radius 2 is 2.12 bits per heavy atom. The van der Waals surface area contributed by atoms with Gasteiger partial charge in [0.15, 0.2) is 0 Å². The van der Waals surface area contributed by atoms with Crippen LogP contribution in [0.5, 0.6) is 5.75 Å². The largest absolute Gasteiger partial charge is 0.495 e. The van der Waals surface area contributed by atoms with Crippen molar-refractivity contribution in [3.05, 3.63) is 41.1 Å². The second kappa shape index (κ2) is 3.49. The fourth-order valence-corrected chi connectivity index (χ4v) is 2.39. The molecule has 1 aromatic carbocycles. The van der Waals surface area contributed by atoms with Crippen LogP contribution in [0, 0.1) is 0 Å². The lowest BCUT2D eigenvalue weighted by molar-refractivity contribution is 0.418. The number of ether oxygens (including phenoxy) is 1. The Labute approximate surface area is 101 Å². The highest BCUT2D eigenvalue weighted by Gasteiger charge is 2.08. The van der Waals surface area contributed by atoms with Crippen LogP contribution in [0.3, 0.4) is 0 Å². The number of fused-ring (bicyclic) bond motifs is 3. The molecule has 0 unspecified atom stereocenters. The maximum atomic E-state index is 5.39. The smallest absolute Gasteiger partial charge is 0.143 e. The third kappa shape index (κ3) is 1.23. The summed E-state index contributed by atoms with van der Waals surface area (Å²) in [5, 5.41) is 1.13. The SMILES string of the molecule is COc1cccc2ccc3ncc(Br)n3c12. The van der Waals surface area contributed by atoms with E-state index in [1.165, 1.54) is 0 Å². The van der Waals surface area contributed by atoms with Crippen molar-refractivity contribution in [2.24, 2.45) is 0 Å². The molecule has 0 atom stereocenters. The second-order valence-electron chi connectivity index (χ2n) is 3.51. The molecule has 2 heterocycles. The lowest BCUT2D eigenvalue weighted by Crippen LogP contribution is -1.92. The number of para-hydroxylation sites is 1. The van der Waals surface area contributed by atoms with Crippen LogP contribution in [0.15, 0.2) is 41.1 Å². The molecule has 4 heteroatoms. The third-order valence-electron chi connectivity index (χ3n) is 2.63. The van der Waals surface area contributed by atoms with E-state index < -0.39 is 0 Å². The molecule has 0 saturated heterocycles. The van der Waals surface area contributed by atoms with E-state index >= 15 is 0 Å². The van der Waals surface area contributed by atoms with Gasteiger partial charge in [0.05, 0.1) is 18.8 Å². The molecule has 80 valence electrons. The van der Waals surface area contributed by atoms with Gasteiger partial charge in [-0.2, -0.15) is 0 Å². The van der Waals surface area contributed by atoms with Crippen LogP contribution in [0.25, 0.3) is 16.6 Å². The van der Waals surface area contributed by atoms with Gasteiger partial charge in [-0.3, -0.25) is 4.40 Å². The van der Waals surface area contributed by atoms with Gasteiger partial charge in [-0.25, -0.2) is 4.98 Å². The summed E-state index contributed by atoms with van der Waals surface area (Å²) in [5.41, 5.74) is 1.94. The molecule has 0 aliphatic carbocycles. The average Bonchev–Trinajstić information content (AvgIpc) is 2.70. The quantitative estimate of drug-likeness (QED) is 0.682. The molecular formula is C12H9BrN2O. The van der Waals surface area contributed by atoms with E-state index in [2.05, 4.69) is 27.0 Å². The molecule has 3 nitrogen and oxygen atoms in total. The number of methoxy groups -OCH3 is 1. The highest BCUT2D eigenvalue weighted by atomic mass is 79.9. The van der Waals surface area contributed by atoms with Crippen LogP contribution in [0.4, 0.5) is 0 Å². The Hall–Kier alpha value is -1.55. The van der Waals surface area contributed by atoms with Crippen LogP contribution < -0.4 is 4.74 Å². The number of halogens is 1. The minimum Gasteiger partial charge on any atom is -0.495 e. The first kappa shape index (κ1) is 9.66. The van der Waals surface area contributed by atoms with Gasteiger partial charge < -0.3 is 4.74 Å². The Kier molecular flexibility index (Phi) is 2.11. The van der Waals surface area contributed by atoms with Crippen LogP contribution in [-0.4, -0.2) is 16.5 Å². The van der Waals surface area contributed by atoms with E-state index in [1.807, 2.05) is 28.7 Å². The van der Waals surface area contributed by atoms with Crippen molar-refractivity contribution in [3.8, 4) is 5.75 Å². The lowest BCUT2D eigenvalue weighted by Gasteiger charge is -2.08. The molecule has 16 heavy (non-hydrogen) atoms. The summed E-state index contributed by atoms with van der Waals surface area (Å²) in [6.07, 6.45) is 1.79. The third-order valence-corrected chi connectivity index (χ3v) is 3.19. The Bertz CT molecular complexity index is 675. The monoisotopic (exact) mass is 276 g/mol. The van der Waals surface area contributed by atoms with Crippen LogP contribution in [0.2, 0.25) is 0 Å². The lowest BCUT2D eigenvalue weighted by atomic mass is 10.2. The zero-order valence-corrected chi connectivity index (χ0v) is 10.2. The van der Waals surface area contributed by atoms with Crippen LogP contribution in [0.1, 0.15) is 0 Å². The molecule has 0 saturated carbocycles. The average molecular weight is 277 g/mol. The van der Waals surface area contributed by atoms with Crippen molar-refractivity contribution in [3.63, 3.8) is 0 Å². The molecule has 0 bridgehead atoms. The summed E-state index contributed by atoms with van der Waals surface area (Å²) in [7, 11) is 1.68. The van der Waals surface area contributed by atoms with Gasteiger partial charge in [0, 0.05) is 5.39 Å².